The van der Waals surface area contributed by atoms with Gasteiger partial charge in [0.15, 0.2) is 16.6 Å². The van der Waals surface area contributed by atoms with Crippen molar-refractivity contribution in [2.45, 2.75) is 77.8 Å². The fourth-order valence-corrected chi connectivity index (χ4v) is 10.9. The van der Waals surface area contributed by atoms with Crippen molar-refractivity contribution in [3.63, 3.8) is 0 Å². The van der Waals surface area contributed by atoms with E-state index < -0.39 is 16.6 Å². The number of hydrogen-bond acceptors (Lipinski definition) is 14. The van der Waals surface area contributed by atoms with Crippen molar-refractivity contribution in [2.75, 3.05) is 0 Å². The summed E-state index contributed by atoms with van der Waals surface area (Å²) < 4.78 is 0. The summed E-state index contributed by atoms with van der Waals surface area (Å²) in [5, 5.41) is 7.41. The molecule has 23 heteroatoms. The van der Waals surface area contributed by atoms with Crippen molar-refractivity contribution in [3.05, 3.63) is 194 Å². The molecule has 8 aromatic carbocycles. The van der Waals surface area contributed by atoms with Crippen LogP contribution >= 0.6 is 0 Å². The van der Waals surface area contributed by atoms with Crippen LogP contribution in [0.25, 0.3) is 179 Å². The van der Waals surface area contributed by atoms with Crippen LogP contribution in [0.15, 0.2) is 194 Å². The number of aromatic nitrogens is 16. The molecule has 10 heterocycles. The Morgan fingerprint density at radius 1 is 0.232 bits per heavy atom. The first-order valence-electron chi connectivity index (χ1n) is 31.7. The maximum atomic E-state index is 9.49. The molecule has 488 valence electrons. The molecule has 99 heavy (non-hydrogen) atoms. The first kappa shape index (κ1) is 68.8. The van der Waals surface area contributed by atoms with E-state index in [-0.39, 0.29) is 50.7 Å². The van der Waals surface area contributed by atoms with Gasteiger partial charge in [-0.3, -0.25) is 0 Å². The predicted octanol–water partition coefficient (Wildman–Crippen LogP) is 14.6. The summed E-state index contributed by atoms with van der Waals surface area (Å²) >= 11 is 0. The van der Waals surface area contributed by atoms with Crippen LogP contribution in [0.1, 0.15) is 41.5 Å². The van der Waals surface area contributed by atoms with Gasteiger partial charge in [-0.25, -0.2) is 19.9 Å². The Morgan fingerprint density at radius 2 is 0.343 bits per heavy atom. The van der Waals surface area contributed by atoms with Crippen molar-refractivity contribution < 1.29 is 15.1 Å². The second kappa shape index (κ2) is 26.6. The molecule has 6 aromatic heterocycles. The van der Waals surface area contributed by atoms with Crippen molar-refractivity contribution in [3.8, 4) is 91.1 Å². The van der Waals surface area contributed by atoms with Gasteiger partial charge in [0.2, 0.25) is 0 Å². The van der Waals surface area contributed by atoms with Gasteiger partial charge in [0.25, 0.3) is 0 Å². The first-order valence-corrected chi connectivity index (χ1v) is 37.6. The summed E-state index contributed by atoms with van der Waals surface area (Å²) in [7, 11) is -3.72. The molecule has 0 fully saturated rings. The molecule has 18 rings (SSSR count). The Kier molecular flexibility index (Phi) is 18.5. The molecule has 0 aliphatic carbocycles. The van der Waals surface area contributed by atoms with Gasteiger partial charge >= 0.3 is 0 Å². The second-order valence-corrected chi connectivity index (χ2v) is 36.2. The van der Waals surface area contributed by atoms with Crippen LogP contribution in [0.2, 0.25) is 36.3 Å². The van der Waals surface area contributed by atoms with Crippen molar-refractivity contribution in [1.82, 2.24) is 79.7 Å². The van der Waals surface area contributed by atoms with E-state index in [9.17, 15) is 9.59 Å². The molecule has 0 unspecified atom stereocenters. The maximum absolute atomic E-state index is 9.49. The fraction of sp³-hybridized carbons (Fsp3) is 0.158. The van der Waals surface area contributed by atoms with Gasteiger partial charge in [0.05, 0.1) is 46.6 Å². The smallest absolute Gasteiger partial charge is 0.187 e. The van der Waals surface area contributed by atoms with Gasteiger partial charge in [-0.2, -0.15) is 0 Å². The van der Waals surface area contributed by atoms with Gasteiger partial charge in [-0.05, 0) is 79.4 Å². The van der Waals surface area contributed by atoms with E-state index in [2.05, 4.69) is 41.5 Å². The minimum atomic E-state index is -1.86. The molecule has 0 atom stereocenters. The molecule has 0 saturated carbocycles. The van der Waals surface area contributed by atoms with Gasteiger partial charge < -0.3 is 74.9 Å². The monoisotopic (exact) mass is 1450 g/mol. The topological polar surface area (TPSA) is 283 Å². The molecular formula is C76H66Ge2N16O3Si2-4. The van der Waals surface area contributed by atoms with E-state index in [1.807, 2.05) is 220 Å². The minimum absolute atomic E-state index is 0. The molecule has 16 bridgehead atoms. The fourth-order valence-electron chi connectivity index (χ4n) is 10.9. The average molecular weight is 1450 g/mol. The zero-order chi connectivity index (χ0) is 66.4. The Balaban J connectivity index is 0.000000151. The second-order valence-electron chi connectivity index (χ2n) is 26.9. The van der Waals surface area contributed by atoms with E-state index in [1.165, 1.54) is 0 Å². The molecule has 14 aromatic rings. The van der Waals surface area contributed by atoms with Gasteiger partial charge in [0.1, 0.15) is 0 Å². The van der Waals surface area contributed by atoms with E-state index in [4.69, 9.17) is 79.7 Å². The van der Waals surface area contributed by atoms with Gasteiger partial charge in [-0.1, -0.05) is 236 Å². The Morgan fingerprint density at radius 3 is 0.455 bits per heavy atom. The minimum Gasteiger partial charge on any atom is -0.432 e. The molecule has 8 radical (unpaired) electrons. The van der Waals surface area contributed by atoms with Crippen LogP contribution < -0.4 is 19.9 Å². The molecule has 4 aliphatic rings. The van der Waals surface area contributed by atoms with Crippen LogP contribution in [0, 0.1) is 0 Å². The summed E-state index contributed by atoms with van der Waals surface area (Å²) in [6.07, 6.45) is 0. The standard InChI is InChI=1S/2C32H16N8.2C6H16OSi.2Ge.H2O/c2*1-2-10-18-17(9-1)25-33-26(18)38-28-21-13-5-6-14-22(21)30(35-28)40-32-24-16-8-7-15-23(24)31(36-32)39-29-20-12-4-3-11-19(20)27(34-29)37-25;2*1-6(2,3)8(4,5)7;;;/h2*1-16H;2*7H,1-5H3;;;1H2/q2*-2;;;;;. The third kappa shape index (κ3) is 12.9. The first-order chi connectivity index (χ1) is 46.1. The molecule has 4 aliphatic heterocycles. The van der Waals surface area contributed by atoms with Crippen LogP contribution in [0.3, 0.4) is 0 Å². The van der Waals surface area contributed by atoms with E-state index in [0.29, 0.717) is 91.8 Å². The molecule has 0 spiro atoms. The number of fused-ring (bicyclic) bond motifs is 40. The van der Waals surface area contributed by atoms with Crippen molar-refractivity contribution >= 4 is 140 Å². The summed E-state index contributed by atoms with van der Waals surface area (Å²) in [5.74, 6) is 4.42. The van der Waals surface area contributed by atoms with Crippen molar-refractivity contribution in [2.24, 2.45) is 0 Å². The van der Waals surface area contributed by atoms with Gasteiger partial charge in [-0.15, -0.1) is 0 Å². The predicted molar refractivity (Wildman–Crippen MR) is 402 cm³/mol. The van der Waals surface area contributed by atoms with E-state index in [1.54, 1.807) is 0 Å². The van der Waals surface area contributed by atoms with Crippen LogP contribution in [0.4, 0.5) is 0 Å². The molecule has 19 nitrogen and oxygen atoms in total. The normalized spacial score (nSPS) is 12.0. The Bertz CT molecular complexity index is 4830. The van der Waals surface area contributed by atoms with E-state index >= 15 is 0 Å². The average Bonchev–Trinajstić information content (AvgIpc) is 1.61. The maximum Gasteiger partial charge on any atom is 0.187 e. The zero-order valence-electron chi connectivity index (χ0n) is 56.0. The molecular weight excluding hydrogens is 1390 g/mol. The van der Waals surface area contributed by atoms with Crippen LogP contribution in [0.5, 0.6) is 0 Å². The summed E-state index contributed by atoms with van der Waals surface area (Å²) in [6.45, 7) is 20.4. The SMILES string of the molecule is CC(C)(C)[Si](C)(C)O.CC(C)(C)[Si](C)(C)O.O.[Ge].[Ge].c1ccc2c(c1)-c1nc-2nc2[n-]c(nc3nc(nc4[n-]c(n1)c1ccccc41)-c1ccccc1-3)c1ccccc21.c1ccc2c(c1)-c1nc-2nc2[n-]c(nc3nc(nc4[n-]c(n1)c1ccccc41)-c1ccccc1-3)c1ccccc21. The summed E-state index contributed by atoms with van der Waals surface area (Å²) in [5.41, 5.74) is 11.6. The Hall–Kier alpha value is -10.1. The molecule has 0 saturated heterocycles. The van der Waals surface area contributed by atoms with E-state index in [0.717, 1.165) is 87.6 Å². The van der Waals surface area contributed by atoms with Crippen LogP contribution in [-0.2, 0) is 0 Å². The number of rotatable bonds is 0. The number of nitrogens with zero attached hydrogens (tertiary/aromatic N) is 16. The Labute approximate surface area is 593 Å². The quantitative estimate of drug-likeness (QED) is 0.133. The largest absolute Gasteiger partial charge is 0.432 e. The molecule has 4 N–H and O–H groups in total. The van der Waals surface area contributed by atoms with Crippen LogP contribution in [-0.4, -0.2) is 127 Å². The summed E-state index contributed by atoms with van der Waals surface area (Å²) in [4.78, 5) is 97.5. The zero-order valence-corrected chi connectivity index (χ0v) is 62.2. The third-order valence-corrected chi connectivity index (χ3v) is 25.7. The molecule has 0 amide bonds. The number of hydrogen-bond donors (Lipinski definition) is 2. The number of benzene rings is 8. The summed E-state index contributed by atoms with van der Waals surface area (Å²) in [6, 6.07) is 63.7. The third-order valence-electron chi connectivity index (χ3n) is 18.3. The van der Waals surface area contributed by atoms with Crippen molar-refractivity contribution in [1.29, 1.82) is 0 Å². The van der Waals surface area contributed by atoms with Gasteiger partial charge in [0, 0.05) is 125 Å².